The lowest BCUT2D eigenvalue weighted by Crippen LogP contribution is -2.54. The number of amides is 3. The molecule has 110 valence electrons. The smallest absolute Gasteiger partial charge is 0.307 e. The second-order valence-corrected chi connectivity index (χ2v) is 5.35. The van der Waals surface area contributed by atoms with Crippen LogP contribution in [-0.2, 0) is 19.2 Å². The first kappa shape index (κ1) is 14.5. The van der Waals surface area contributed by atoms with E-state index >= 15 is 0 Å². The second-order valence-electron chi connectivity index (χ2n) is 5.35. The van der Waals surface area contributed by atoms with Crippen molar-refractivity contribution in [3.8, 4) is 0 Å². The van der Waals surface area contributed by atoms with Gasteiger partial charge in [-0.05, 0) is 19.3 Å². The van der Waals surface area contributed by atoms with E-state index in [0.717, 1.165) is 12.8 Å². The van der Waals surface area contributed by atoms with Gasteiger partial charge in [-0.3, -0.25) is 24.5 Å². The molecule has 3 atom stereocenters. The zero-order valence-corrected chi connectivity index (χ0v) is 11.1. The molecule has 0 bridgehead atoms. The minimum absolute atomic E-state index is 0.184. The summed E-state index contributed by atoms with van der Waals surface area (Å²) in [7, 11) is 0. The Bertz CT molecular complexity index is 448. The Kier molecular flexibility index (Phi) is 4.36. The molecule has 2 aliphatic rings. The van der Waals surface area contributed by atoms with Crippen LogP contribution in [0.25, 0.3) is 0 Å². The van der Waals surface area contributed by atoms with Crippen LogP contribution < -0.4 is 10.6 Å². The van der Waals surface area contributed by atoms with E-state index < -0.39 is 35.7 Å². The first-order chi connectivity index (χ1) is 9.49. The fraction of sp³-hybridized carbons (Fsp3) is 0.692. The third kappa shape index (κ3) is 3.15. The number of carboxylic acids is 1. The Morgan fingerprint density at radius 3 is 2.35 bits per heavy atom. The van der Waals surface area contributed by atoms with Crippen LogP contribution in [0.2, 0.25) is 0 Å². The molecular formula is C13H18N2O5. The largest absolute Gasteiger partial charge is 0.481 e. The van der Waals surface area contributed by atoms with Crippen molar-refractivity contribution in [2.24, 2.45) is 11.8 Å². The fourth-order valence-electron chi connectivity index (χ4n) is 2.85. The van der Waals surface area contributed by atoms with Gasteiger partial charge in [0.2, 0.25) is 17.7 Å². The maximum atomic E-state index is 12.2. The summed E-state index contributed by atoms with van der Waals surface area (Å²) in [4.78, 5) is 45.9. The number of carbonyl (C=O) groups is 4. The van der Waals surface area contributed by atoms with Crippen LogP contribution in [-0.4, -0.2) is 34.8 Å². The number of hydrogen-bond acceptors (Lipinski definition) is 4. The summed E-state index contributed by atoms with van der Waals surface area (Å²) >= 11 is 0. The van der Waals surface area contributed by atoms with Gasteiger partial charge in [-0.25, -0.2) is 0 Å². The lowest BCUT2D eigenvalue weighted by atomic mass is 9.78. The molecule has 7 heteroatoms. The van der Waals surface area contributed by atoms with Crippen LogP contribution in [0.5, 0.6) is 0 Å². The number of carboxylic acid groups (broad SMARTS) is 1. The first-order valence-corrected chi connectivity index (χ1v) is 6.86. The highest BCUT2D eigenvalue weighted by molar-refractivity contribution is 6.02. The van der Waals surface area contributed by atoms with E-state index in [1.54, 1.807) is 0 Å². The maximum absolute atomic E-state index is 12.2. The van der Waals surface area contributed by atoms with E-state index in [2.05, 4.69) is 10.6 Å². The SMILES string of the molecule is O=C1CCC(NC(=O)C2CCCCC2C(=O)O)C(=O)N1. The van der Waals surface area contributed by atoms with Crippen molar-refractivity contribution >= 4 is 23.7 Å². The van der Waals surface area contributed by atoms with E-state index in [4.69, 9.17) is 5.11 Å². The average Bonchev–Trinajstić information content (AvgIpc) is 2.41. The molecule has 0 radical (unpaired) electrons. The highest BCUT2D eigenvalue weighted by atomic mass is 16.4. The molecule has 1 aliphatic heterocycles. The molecule has 1 saturated carbocycles. The molecule has 3 unspecified atom stereocenters. The van der Waals surface area contributed by atoms with Crippen LogP contribution in [0.1, 0.15) is 38.5 Å². The number of imide groups is 1. The van der Waals surface area contributed by atoms with Gasteiger partial charge >= 0.3 is 5.97 Å². The first-order valence-electron chi connectivity index (χ1n) is 6.86. The molecule has 0 aromatic carbocycles. The van der Waals surface area contributed by atoms with Gasteiger partial charge < -0.3 is 10.4 Å². The monoisotopic (exact) mass is 282 g/mol. The summed E-state index contributed by atoms with van der Waals surface area (Å²) in [5.41, 5.74) is 0. The average molecular weight is 282 g/mol. The summed E-state index contributed by atoms with van der Waals surface area (Å²) in [5.74, 6) is -3.50. The van der Waals surface area contributed by atoms with E-state index in [1.807, 2.05) is 0 Å². The van der Waals surface area contributed by atoms with E-state index in [0.29, 0.717) is 12.8 Å². The van der Waals surface area contributed by atoms with Crippen molar-refractivity contribution in [1.82, 2.24) is 10.6 Å². The molecule has 0 aromatic rings. The predicted molar refractivity (Wildman–Crippen MR) is 67.4 cm³/mol. The van der Waals surface area contributed by atoms with Crippen LogP contribution >= 0.6 is 0 Å². The minimum atomic E-state index is -0.965. The molecule has 20 heavy (non-hydrogen) atoms. The topological polar surface area (TPSA) is 113 Å². The summed E-state index contributed by atoms with van der Waals surface area (Å²) < 4.78 is 0. The van der Waals surface area contributed by atoms with Crippen LogP contribution in [0.3, 0.4) is 0 Å². The Morgan fingerprint density at radius 1 is 1.10 bits per heavy atom. The van der Waals surface area contributed by atoms with Gasteiger partial charge in [0.15, 0.2) is 0 Å². The minimum Gasteiger partial charge on any atom is -0.481 e. The normalized spacial score (nSPS) is 30.5. The van der Waals surface area contributed by atoms with Crippen molar-refractivity contribution in [3.63, 3.8) is 0 Å². The summed E-state index contributed by atoms with van der Waals surface area (Å²) in [6.07, 6.45) is 3.08. The highest BCUT2D eigenvalue weighted by Gasteiger charge is 2.37. The van der Waals surface area contributed by atoms with Gasteiger partial charge in [-0.1, -0.05) is 12.8 Å². The Hall–Kier alpha value is -1.92. The number of hydrogen-bond donors (Lipinski definition) is 3. The van der Waals surface area contributed by atoms with Gasteiger partial charge in [-0.2, -0.15) is 0 Å². The maximum Gasteiger partial charge on any atom is 0.307 e. The lowest BCUT2D eigenvalue weighted by molar-refractivity contribution is -0.149. The summed E-state index contributed by atoms with van der Waals surface area (Å²) in [5, 5.41) is 13.9. The lowest BCUT2D eigenvalue weighted by Gasteiger charge is -2.30. The Balaban J connectivity index is 1.98. The van der Waals surface area contributed by atoms with Gasteiger partial charge in [0.05, 0.1) is 11.8 Å². The molecule has 2 rings (SSSR count). The predicted octanol–water partition coefficient (Wildman–Crippen LogP) is -0.201. The molecule has 1 heterocycles. The Labute approximate surface area is 116 Å². The van der Waals surface area contributed by atoms with E-state index in [-0.39, 0.29) is 18.7 Å². The number of aliphatic carboxylic acids is 1. The van der Waals surface area contributed by atoms with Crippen LogP contribution in [0.15, 0.2) is 0 Å². The van der Waals surface area contributed by atoms with Crippen molar-refractivity contribution in [2.45, 2.75) is 44.6 Å². The van der Waals surface area contributed by atoms with E-state index in [9.17, 15) is 19.2 Å². The van der Waals surface area contributed by atoms with Gasteiger partial charge in [-0.15, -0.1) is 0 Å². The number of piperidine rings is 1. The number of rotatable bonds is 3. The zero-order valence-electron chi connectivity index (χ0n) is 11.1. The molecule has 1 saturated heterocycles. The molecule has 1 aliphatic carbocycles. The van der Waals surface area contributed by atoms with Crippen molar-refractivity contribution in [1.29, 1.82) is 0 Å². The van der Waals surface area contributed by atoms with Gasteiger partial charge in [0.1, 0.15) is 6.04 Å². The molecule has 0 aromatic heterocycles. The third-order valence-corrected chi connectivity index (χ3v) is 3.98. The molecule has 3 amide bonds. The second kappa shape index (κ2) is 6.02. The van der Waals surface area contributed by atoms with Crippen molar-refractivity contribution in [3.05, 3.63) is 0 Å². The Morgan fingerprint density at radius 2 is 1.75 bits per heavy atom. The number of carbonyl (C=O) groups excluding carboxylic acids is 3. The van der Waals surface area contributed by atoms with Gasteiger partial charge in [0.25, 0.3) is 0 Å². The molecular weight excluding hydrogens is 264 g/mol. The zero-order chi connectivity index (χ0) is 14.7. The summed E-state index contributed by atoms with van der Waals surface area (Å²) in [6, 6.07) is -0.739. The fourth-order valence-corrected chi connectivity index (χ4v) is 2.85. The molecule has 7 nitrogen and oxygen atoms in total. The third-order valence-electron chi connectivity index (χ3n) is 3.98. The number of nitrogens with one attached hydrogen (secondary N) is 2. The van der Waals surface area contributed by atoms with Crippen molar-refractivity contribution < 1.29 is 24.3 Å². The molecule has 0 spiro atoms. The standard InChI is InChI=1S/C13H18N2O5/c16-10-6-5-9(12(18)15-10)14-11(17)7-3-1-2-4-8(7)13(19)20/h7-9H,1-6H2,(H,14,17)(H,19,20)(H,15,16,18). The van der Waals surface area contributed by atoms with E-state index in [1.165, 1.54) is 0 Å². The van der Waals surface area contributed by atoms with Gasteiger partial charge in [0, 0.05) is 6.42 Å². The van der Waals surface area contributed by atoms with Crippen molar-refractivity contribution in [2.75, 3.05) is 0 Å². The summed E-state index contributed by atoms with van der Waals surface area (Å²) in [6.45, 7) is 0. The van der Waals surface area contributed by atoms with Crippen LogP contribution in [0.4, 0.5) is 0 Å². The molecule has 3 N–H and O–H groups in total. The highest BCUT2D eigenvalue weighted by Crippen LogP contribution is 2.30. The molecule has 2 fully saturated rings. The van der Waals surface area contributed by atoms with Crippen LogP contribution in [0, 0.1) is 11.8 Å². The quantitative estimate of drug-likeness (QED) is 0.620.